The van der Waals surface area contributed by atoms with Gasteiger partial charge in [-0.05, 0) is 6.92 Å². The molecule has 2 N–H and O–H groups in total. The van der Waals surface area contributed by atoms with Gasteiger partial charge in [0.2, 0.25) is 5.90 Å². The molecule has 0 aromatic carbocycles. The van der Waals surface area contributed by atoms with E-state index in [2.05, 4.69) is 4.99 Å². The van der Waals surface area contributed by atoms with Crippen molar-refractivity contribution in [3.05, 3.63) is 0 Å². The van der Waals surface area contributed by atoms with Gasteiger partial charge in [0.1, 0.15) is 25.0 Å². The molecule has 1 saturated heterocycles. The molecule has 12 heavy (non-hydrogen) atoms. The summed E-state index contributed by atoms with van der Waals surface area (Å²) in [6, 6.07) is 0. The second kappa shape index (κ2) is 2.69. The molecular weight excluding hydrogens is 162 g/mol. The van der Waals surface area contributed by atoms with Crippen LogP contribution in [-0.4, -0.2) is 47.3 Å². The lowest BCUT2D eigenvalue weighted by Gasteiger charge is -2.33. The maximum absolute atomic E-state index is 9.48. The summed E-state index contributed by atoms with van der Waals surface area (Å²) in [6.07, 6.45) is -2.81. The van der Waals surface area contributed by atoms with Crippen LogP contribution in [-0.2, 0) is 9.47 Å². The second-order valence-electron chi connectivity index (χ2n) is 3.02. The van der Waals surface area contributed by atoms with Crippen molar-refractivity contribution in [3.8, 4) is 0 Å². The Bertz CT molecular complexity index is 217. The van der Waals surface area contributed by atoms with Gasteiger partial charge in [0.25, 0.3) is 0 Å². The lowest BCUT2D eigenvalue weighted by atomic mass is 10.0. The summed E-state index contributed by atoms with van der Waals surface area (Å²) < 4.78 is 10.3. The molecule has 0 bridgehead atoms. The Morgan fingerprint density at radius 3 is 2.92 bits per heavy atom. The highest BCUT2D eigenvalue weighted by atomic mass is 16.6. The molecule has 0 saturated carbocycles. The smallest absolute Gasteiger partial charge is 0.218 e. The summed E-state index contributed by atoms with van der Waals surface area (Å²) in [4.78, 5) is 3.89. The van der Waals surface area contributed by atoms with Gasteiger partial charge in [-0.2, -0.15) is 0 Å². The highest BCUT2D eigenvalue weighted by Crippen LogP contribution is 2.22. The topological polar surface area (TPSA) is 71.3 Å². The summed E-state index contributed by atoms with van der Waals surface area (Å²) in [7, 11) is 0. The zero-order valence-electron chi connectivity index (χ0n) is 6.67. The van der Waals surface area contributed by atoms with E-state index in [4.69, 9.17) is 9.47 Å². The molecule has 0 amide bonds. The first-order valence-corrected chi connectivity index (χ1v) is 3.89. The Kier molecular flexibility index (Phi) is 1.79. The highest BCUT2D eigenvalue weighted by Gasteiger charge is 2.43. The SMILES string of the molecule is CC1OC2=NCOC2C(O)C1O. The molecule has 1 fully saturated rings. The molecule has 68 valence electrons. The fraction of sp³-hybridized carbons (Fsp3) is 0.857. The van der Waals surface area contributed by atoms with E-state index in [-0.39, 0.29) is 6.73 Å². The van der Waals surface area contributed by atoms with Crippen molar-refractivity contribution in [1.82, 2.24) is 0 Å². The predicted octanol–water partition coefficient (Wildman–Crippen LogP) is -1.12. The van der Waals surface area contributed by atoms with E-state index in [1.54, 1.807) is 6.92 Å². The molecule has 0 aromatic rings. The van der Waals surface area contributed by atoms with Crippen LogP contribution in [0.1, 0.15) is 6.92 Å². The molecular formula is C7H11NO4. The molecule has 0 spiro atoms. The largest absolute Gasteiger partial charge is 0.473 e. The van der Waals surface area contributed by atoms with Crippen LogP contribution < -0.4 is 0 Å². The van der Waals surface area contributed by atoms with Gasteiger partial charge in [-0.15, -0.1) is 0 Å². The minimum absolute atomic E-state index is 0.205. The minimum atomic E-state index is -0.921. The van der Waals surface area contributed by atoms with E-state index in [9.17, 15) is 10.2 Å². The quantitative estimate of drug-likeness (QED) is 0.487. The van der Waals surface area contributed by atoms with Gasteiger partial charge >= 0.3 is 0 Å². The van der Waals surface area contributed by atoms with E-state index in [1.807, 2.05) is 0 Å². The molecule has 4 unspecified atom stereocenters. The van der Waals surface area contributed by atoms with Gasteiger partial charge in [0.05, 0.1) is 0 Å². The summed E-state index contributed by atoms with van der Waals surface area (Å²) in [5.74, 6) is 0.403. The predicted molar refractivity (Wildman–Crippen MR) is 39.7 cm³/mol. The Labute approximate surface area is 69.6 Å². The lowest BCUT2D eigenvalue weighted by molar-refractivity contribution is -0.118. The average Bonchev–Trinajstić information content (AvgIpc) is 2.48. The van der Waals surface area contributed by atoms with Gasteiger partial charge in [-0.1, -0.05) is 0 Å². The van der Waals surface area contributed by atoms with Crippen LogP contribution in [0.15, 0.2) is 4.99 Å². The summed E-state index contributed by atoms with van der Waals surface area (Å²) in [5, 5.41) is 18.9. The summed E-state index contributed by atoms with van der Waals surface area (Å²) >= 11 is 0. The third kappa shape index (κ3) is 1.01. The molecule has 2 aliphatic heterocycles. The first kappa shape index (κ1) is 7.97. The molecule has 2 heterocycles. The summed E-state index contributed by atoms with van der Waals surface area (Å²) in [6.45, 7) is 1.89. The average molecular weight is 173 g/mol. The van der Waals surface area contributed by atoms with Gasteiger partial charge in [-0.3, -0.25) is 0 Å². The maximum atomic E-state index is 9.48. The van der Waals surface area contributed by atoms with E-state index in [0.717, 1.165) is 0 Å². The summed E-state index contributed by atoms with van der Waals surface area (Å²) in [5.41, 5.74) is 0. The van der Waals surface area contributed by atoms with Gasteiger partial charge in [0, 0.05) is 0 Å². The molecule has 0 aromatic heterocycles. The lowest BCUT2D eigenvalue weighted by Crippen LogP contribution is -2.53. The Morgan fingerprint density at radius 2 is 2.17 bits per heavy atom. The number of hydrogen-bond donors (Lipinski definition) is 2. The normalized spacial score (nSPS) is 46.4. The number of ether oxygens (including phenoxy) is 2. The third-order valence-corrected chi connectivity index (χ3v) is 2.17. The molecule has 5 nitrogen and oxygen atoms in total. The van der Waals surface area contributed by atoms with Crippen molar-refractivity contribution in [3.63, 3.8) is 0 Å². The zero-order valence-corrected chi connectivity index (χ0v) is 6.67. The molecule has 0 radical (unpaired) electrons. The number of aliphatic hydroxyl groups is 2. The van der Waals surface area contributed by atoms with Gasteiger partial charge < -0.3 is 19.7 Å². The van der Waals surface area contributed by atoms with E-state index in [1.165, 1.54) is 0 Å². The van der Waals surface area contributed by atoms with Gasteiger partial charge in [0.15, 0.2) is 6.10 Å². The molecule has 4 atom stereocenters. The van der Waals surface area contributed by atoms with Crippen LogP contribution in [0.5, 0.6) is 0 Å². The van der Waals surface area contributed by atoms with Crippen molar-refractivity contribution in [1.29, 1.82) is 0 Å². The number of aliphatic imine (C=N–C) groups is 1. The van der Waals surface area contributed by atoms with Crippen LogP contribution in [0.4, 0.5) is 0 Å². The fourth-order valence-corrected chi connectivity index (χ4v) is 1.41. The molecule has 5 heteroatoms. The number of hydrogen-bond acceptors (Lipinski definition) is 5. The zero-order chi connectivity index (χ0) is 8.72. The highest BCUT2D eigenvalue weighted by molar-refractivity contribution is 5.83. The second-order valence-corrected chi connectivity index (χ2v) is 3.02. The number of rotatable bonds is 0. The van der Waals surface area contributed by atoms with E-state index in [0.29, 0.717) is 5.90 Å². The molecule has 2 rings (SSSR count). The Hall–Kier alpha value is -0.650. The van der Waals surface area contributed by atoms with Crippen LogP contribution in [0.2, 0.25) is 0 Å². The van der Waals surface area contributed by atoms with Gasteiger partial charge in [-0.25, -0.2) is 4.99 Å². The van der Waals surface area contributed by atoms with Crippen LogP contribution in [0.25, 0.3) is 0 Å². The Balaban J connectivity index is 2.18. The van der Waals surface area contributed by atoms with Crippen molar-refractivity contribution in [2.45, 2.75) is 31.3 Å². The van der Waals surface area contributed by atoms with Crippen molar-refractivity contribution < 1.29 is 19.7 Å². The minimum Gasteiger partial charge on any atom is -0.473 e. The Morgan fingerprint density at radius 1 is 1.42 bits per heavy atom. The van der Waals surface area contributed by atoms with Crippen LogP contribution in [0, 0.1) is 0 Å². The maximum Gasteiger partial charge on any atom is 0.218 e. The van der Waals surface area contributed by atoms with Crippen molar-refractivity contribution in [2.75, 3.05) is 6.73 Å². The van der Waals surface area contributed by atoms with Crippen LogP contribution in [0.3, 0.4) is 0 Å². The third-order valence-electron chi connectivity index (χ3n) is 2.17. The van der Waals surface area contributed by atoms with E-state index >= 15 is 0 Å². The van der Waals surface area contributed by atoms with Crippen molar-refractivity contribution >= 4 is 5.90 Å². The van der Waals surface area contributed by atoms with Crippen LogP contribution >= 0.6 is 0 Å². The first-order chi connectivity index (χ1) is 5.70. The first-order valence-electron chi connectivity index (χ1n) is 3.89. The number of fused-ring (bicyclic) bond motifs is 1. The number of aliphatic hydroxyl groups excluding tert-OH is 2. The van der Waals surface area contributed by atoms with Crippen molar-refractivity contribution in [2.24, 2.45) is 4.99 Å². The molecule has 0 aliphatic carbocycles. The molecule has 2 aliphatic rings. The monoisotopic (exact) mass is 173 g/mol. The standard InChI is InChI=1S/C7H11NO4/c1-3-4(9)5(10)6-7(12-3)8-2-11-6/h3-6,9-10H,2H2,1H3. The fourth-order valence-electron chi connectivity index (χ4n) is 1.41. The van der Waals surface area contributed by atoms with E-state index < -0.39 is 24.4 Å². The number of nitrogens with zero attached hydrogens (tertiary/aromatic N) is 1.